The maximum absolute atomic E-state index is 13.1. The van der Waals surface area contributed by atoms with Gasteiger partial charge in [-0.3, -0.25) is 4.79 Å². The zero-order valence-electron chi connectivity index (χ0n) is 11.4. The fourth-order valence-corrected chi connectivity index (χ4v) is 2.31. The van der Waals surface area contributed by atoms with Gasteiger partial charge in [0.25, 0.3) is 0 Å². The normalized spacial score (nSPS) is 10.4. The van der Waals surface area contributed by atoms with E-state index in [2.05, 4.69) is 15.9 Å². The van der Waals surface area contributed by atoms with Gasteiger partial charge in [-0.25, -0.2) is 4.39 Å². The molecule has 2 nitrogen and oxygen atoms in total. The summed E-state index contributed by atoms with van der Waals surface area (Å²) in [6, 6.07) is 12.1. The minimum atomic E-state index is -0.323. The Kier molecular flexibility index (Phi) is 4.55. The standard InChI is InChI=1S/C16H15BrFNO/c1-19(2)13-6-4-12(5-7-13)16(20)10-11-3-8-15(18)14(17)9-11/h3-9H,10H2,1-2H3. The summed E-state index contributed by atoms with van der Waals surface area (Å²) in [5, 5.41) is 0. The van der Waals surface area contributed by atoms with Gasteiger partial charge in [0, 0.05) is 31.8 Å². The van der Waals surface area contributed by atoms with E-state index >= 15 is 0 Å². The van der Waals surface area contributed by atoms with E-state index in [4.69, 9.17) is 0 Å². The maximum Gasteiger partial charge on any atom is 0.167 e. The van der Waals surface area contributed by atoms with Crippen molar-refractivity contribution in [1.82, 2.24) is 0 Å². The van der Waals surface area contributed by atoms with Crippen LogP contribution >= 0.6 is 15.9 Å². The number of hydrogen-bond donors (Lipinski definition) is 0. The molecule has 0 fully saturated rings. The molecule has 0 atom stereocenters. The summed E-state index contributed by atoms with van der Waals surface area (Å²) in [6.45, 7) is 0. The number of nitrogens with zero attached hydrogens (tertiary/aromatic N) is 1. The maximum atomic E-state index is 13.1. The number of Topliss-reactive ketones (excluding diaryl/α,β-unsaturated/α-hetero) is 1. The Labute approximate surface area is 126 Å². The number of carbonyl (C=O) groups is 1. The molecule has 0 aromatic heterocycles. The molecule has 2 aromatic rings. The van der Waals surface area contributed by atoms with E-state index in [1.807, 2.05) is 43.3 Å². The molecule has 0 aliphatic rings. The second-order valence-electron chi connectivity index (χ2n) is 4.79. The Balaban J connectivity index is 2.13. The van der Waals surface area contributed by atoms with E-state index in [9.17, 15) is 9.18 Å². The summed E-state index contributed by atoms with van der Waals surface area (Å²) in [4.78, 5) is 14.1. The molecule has 0 unspecified atom stereocenters. The Morgan fingerprint density at radius 3 is 2.35 bits per heavy atom. The van der Waals surface area contributed by atoms with Crippen molar-refractivity contribution in [3.05, 3.63) is 63.9 Å². The molecule has 20 heavy (non-hydrogen) atoms. The Morgan fingerprint density at radius 1 is 1.15 bits per heavy atom. The summed E-state index contributed by atoms with van der Waals surface area (Å²) in [5.41, 5.74) is 2.50. The van der Waals surface area contributed by atoms with E-state index in [1.54, 1.807) is 12.1 Å². The van der Waals surface area contributed by atoms with Crippen molar-refractivity contribution in [2.75, 3.05) is 19.0 Å². The summed E-state index contributed by atoms with van der Waals surface area (Å²) < 4.78 is 13.5. The van der Waals surface area contributed by atoms with Crippen molar-refractivity contribution >= 4 is 27.4 Å². The van der Waals surface area contributed by atoms with Gasteiger partial charge in [-0.1, -0.05) is 6.07 Å². The average molecular weight is 336 g/mol. The molecular weight excluding hydrogens is 321 g/mol. The van der Waals surface area contributed by atoms with Crippen LogP contribution in [0.2, 0.25) is 0 Å². The Hall–Kier alpha value is -1.68. The van der Waals surface area contributed by atoms with E-state index in [0.29, 0.717) is 10.0 Å². The van der Waals surface area contributed by atoms with Crippen LogP contribution in [-0.2, 0) is 6.42 Å². The first kappa shape index (κ1) is 14.7. The summed E-state index contributed by atoms with van der Waals surface area (Å²) >= 11 is 3.13. The van der Waals surface area contributed by atoms with Crippen LogP contribution in [0.15, 0.2) is 46.9 Å². The van der Waals surface area contributed by atoms with Crippen LogP contribution in [0, 0.1) is 5.82 Å². The number of rotatable bonds is 4. The lowest BCUT2D eigenvalue weighted by Gasteiger charge is -2.12. The average Bonchev–Trinajstić information content (AvgIpc) is 2.43. The molecule has 0 amide bonds. The fraction of sp³-hybridized carbons (Fsp3) is 0.188. The SMILES string of the molecule is CN(C)c1ccc(C(=O)Cc2ccc(F)c(Br)c2)cc1. The first-order chi connectivity index (χ1) is 9.47. The van der Waals surface area contributed by atoms with Crippen LogP contribution in [0.1, 0.15) is 15.9 Å². The summed E-state index contributed by atoms with van der Waals surface area (Å²) in [7, 11) is 3.90. The number of carbonyl (C=O) groups excluding carboxylic acids is 1. The number of ketones is 1. The summed E-state index contributed by atoms with van der Waals surface area (Å²) in [6.07, 6.45) is 0.264. The third-order valence-electron chi connectivity index (χ3n) is 3.05. The largest absolute Gasteiger partial charge is 0.378 e. The number of halogens is 2. The second kappa shape index (κ2) is 6.18. The van der Waals surface area contributed by atoms with Gasteiger partial charge in [-0.05, 0) is 57.9 Å². The predicted molar refractivity (Wildman–Crippen MR) is 82.9 cm³/mol. The molecule has 0 N–H and O–H groups in total. The third-order valence-corrected chi connectivity index (χ3v) is 3.66. The molecule has 2 rings (SSSR count). The molecule has 0 aliphatic carbocycles. The second-order valence-corrected chi connectivity index (χ2v) is 5.64. The van der Waals surface area contributed by atoms with Crippen LogP contribution in [-0.4, -0.2) is 19.9 Å². The minimum Gasteiger partial charge on any atom is -0.378 e. The minimum absolute atomic E-state index is 0.0221. The summed E-state index contributed by atoms with van der Waals surface area (Å²) in [5.74, 6) is -0.301. The zero-order chi connectivity index (χ0) is 14.7. The van der Waals surface area contributed by atoms with Gasteiger partial charge < -0.3 is 4.90 Å². The van der Waals surface area contributed by atoms with Gasteiger partial charge in [0.2, 0.25) is 0 Å². The molecule has 104 valence electrons. The third kappa shape index (κ3) is 3.45. The lowest BCUT2D eigenvalue weighted by atomic mass is 10.0. The Morgan fingerprint density at radius 2 is 1.80 bits per heavy atom. The van der Waals surface area contributed by atoms with Gasteiger partial charge in [0.15, 0.2) is 5.78 Å². The predicted octanol–water partition coefficient (Wildman–Crippen LogP) is 4.08. The molecule has 0 bridgehead atoms. The van der Waals surface area contributed by atoms with E-state index in [1.165, 1.54) is 6.07 Å². The van der Waals surface area contributed by atoms with Gasteiger partial charge in [-0.15, -0.1) is 0 Å². The van der Waals surface area contributed by atoms with Crippen molar-refractivity contribution in [3.63, 3.8) is 0 Å². The molecule has 2 aromatic carbocycles. The number of anilines is 1. The molecule has 0 radical (unpaired) electrons. The fourth-order valence-electron chi connectivity index (χ4n) is 1.88. The van der Waals surface area contributed by atoms with Crippen molar-refractivity contribution in [2.24, 2.45) is 0 Å². The van der Waals surface area contributed by atoms with Crippen LogP contribution in [0.5, 0.6) is 0 Å². The van der Waals surface area contributed by atoms with Gasteiger partial charge in [0.1, 0.15) is 5.82 Å². The van der Waals surface area contributed by atoms with E-state index < -0.39 is 0 Å². The quantitative estimate of drug-likeness (QED) is 0.784. The molecule has 0 saturated carbocycles. The van der Waals surface area contributed by atoms with Gasteiger partial charge in [-0.2, -0.15) is 0 Å². The van der Waals surface area contributed by atoms with Crippen molar-refractivity contribution in [2.45, 2.75) is 6.42 Å². The first-order valence-electron chi connectivity index (χ1n) is 6.22. The van der Waals surface area contributed by atoms with Gasteiger partial charge >= 0.3 is 0 Å². The molecule has 0 spiro atoms. The molecule has 0 saturated heterocycles. The van der Waals surface area contributed by atoms with Crippen LogP contribution < -0.4 is 4.90 Å². The van der Waals surface area contributed by atoms with Crippen molar-refractivity contribution in [3.8, 4) is 0 Å². The van der Waals surface area contributed by atoms with E-state index in [0.717, 1.165) is 11.3 Å². The highest BCUT2D eigenvalue weighted by Gasteiger charge is 2.09. The van der Waals surface area contributed by atoms with Crippen LogP contribution in [0.4, 0.5) is 10.1 Å². The number of hydrogen-bond acceptors (Lipinski definition) is 2. The molecule has 0 aliphatic heterocycles. The van der Waals surface area contributed by atoms with Gasteiger partial charge in [0.05, 0.1) is 4.47 Å². The highest BCUT2D eigenvalue weighted by atomic mass is 79.9. The van der Waals surface area contributed by atoms with E-state index in [-0.39, 0.29) is 18.0 Å². The zero-order valence-corrected chi connectivity index (χ0v) is 12.9. The topological polar surface area (TPSA) is 20.3 Å². The number of benzene rings is 2. The Bertz CT molecular complexity index is 623. The lowest BCUT2D eigenvalue weighted by Crippen LogP contribution is -2.09. The highest BCUT2D eigenvalue weighted by Crippen LogP contribution is 2.19. The molecule has 0 heterocycles. The van der Waals surface area contributed by atoms with Crippen LogP contribution in [0.25, 0.3) is 0 Å². The molecular formula is C16H15BrFNO. The lowest BCUT2D eigenvalue weighted by molar-refractivity contribution is 0.0993. The van der Waals surface area contributed by atoms with Crippen molar-refractivity contribution in [1.29, 1.82) is 0 Å². The first-order valence-corrected chi connectivity index (χ1v) is 7.01. The van der Waals surface area contributed by atoms with Crippen molar-refractivity contribution < 1.29 is 9.18 Å². The molecule has 4 heteroatoms. The smallest absolute Gasteiger partial charge is 0.167 e. The van der Waals surface area contributed by atoms with Crippen LogP contribution in [0.3, 0.4) is 0 Å². The highest BCUT2D eigenvalue weighted by molar-refractivity contribution is 9.10. The monoisotopic (exact) mass is 335 g/mol.